The van der Waals surface area contributed by atoms with Crippen molar-refractivity contribution in [3.63, 3.8) is 0 Å². The van der Waals surface area contributed by atoms with Crippen LogP contribution in [0, 0.1) is 25.5 Å². The summed E-state index contributed by atoms with van der Waals surface area (Å²) in [5.74, 6) is 1.36. The third kappa shape index (κ3) is 6.87. The predicted molar refractivity (Wildman–Crippen MR) is 207 cm³/mol. The maximum absolute atomic E-state index is 13.2. The molecule has 6 aromatic carbocycles. The zero-order valence-electron chi connectivity index (χ0n) is 28.1. The van der Waals surface area contributed by atoms with Crippen molar-refractivity contribution < 1.29 is 17.6 Å². The topological polar surface area (TPSA) is 26.3 Å². The van der Waals surface area contributed by atoms with Gasteiger partial charge >= 0.3 is 0 Å². The second kappa shape index (κ2) is 14.4. The molecule has 248 valence electrons. The van der Waals surface area contributed by atoms with Crippen molar-refractivity contribution >= 4 is 45.5 Å². The van der Waals surface area contributed by atoms with Crippen LogP contribution in [0.1, 0.15) is 11.1 Å². The number of thioether (sulfide) groups is 2. The van der Waals surface area contributed by atoms with Crippen LogP contribution in [-0.2, 0) is 0 Å². The first-order chi connectivity index (χ1) is 24.3. The van der Waals surface area contributed by atoms with E-state index >= 15 is 0 Å². The van der Waals surface area contributed by atoms with Crippen molar-refractivity contribution in [2.75, 3.05) is 12.5 Å². The smallest absolute Gasteiger partial charge is 0.148 e. The molecule has 50 heavy (non-hydrogen) atoms. The Labute approximate surface area is 299 Å². The highest BCUT2D eigenvalue weighted by Gasteiger charge is 2.17. The number of benzene rings is 6. The van der Waals surface area contributed by atoms with Gasteiger partial charge in [0, 0.05) is 21.9 Å². The summed E-state index contributed by atoms with van der Waals surface area (Å²) < 4.78 is 38.6. The first-order valence-electron chi connectivity index (χ1n) is 16.2. The zero-order valence-corrected chi connectivity index (χ0v) is 29.7. The third-order valence-corrected chi connectivity index (χ3v) is 10.3. The fraction of sp³-hybridized carbons (Fsp3) is 0.0909. The van der Waals surface area contributed by atoms with E-state index in [1.807, 2.05) is 24.3 Å². The molecule has 0 aliphatic carbocycles. The Balaban J connectivity index is 0.000000157. The molecule has 6 heteroatoms. The molecular formula is C44H34F2O2S2. The molecule has 8 aromatic rings. The Morgan fingerprint density at radius 1 is 0.400 bits per heavy atom. The molecule has 0 N–H and O–H groups in total. The van der Waals surface area contributed by atoms with Crippen LogP contribution < -0.4 is 0 Å². The van der Waals surface area contributed by atoms with E-state index in [0.717, 1.165) is 76.6 Å². The molecule has 0 aliphatic heterocycles. The summed E-state index contributed by atoms with van der Waals surface area (Å²) in [5, 5.41) is 2.18. The van der Waals surface area contributed by atoms with Gasteiger partial charge in [-0.05, 0) is 97.1 Å². The normalized spacial score (nSPS) is 11.2. The van der Waals surface area contributed by atoms with E-state index in [1.54, 1.807) is 47.8 Å². The lowest BCUT2D eigenvalue weighted by molar-refractivity contribution is 0.624. The Hall–Kier alpha value is -5.04. The summed E-state index contributed by atoms with van der Waals surface area (Å²) >= 11 is 3.37. The fourth-order valence-corrected chi connectivity index (χ4v) is 7.44. The van der Waals surface area contributed by atoms with E-state index in [-0.39, 0.29) is 11.6 Å². The highest BCUT2D eigenvalue weighted by molar-refractivity contribution is 7.99. The molecule has 0 spiro atoms. The summed E-state index contributed by atoms with van der Waals surface area (Å²) in [6, 6.07) is 42.2. The molecule has 0 amide bonds. The first kappa shape index (κ1) is 33.5. The van der Waals surface area contributed by atoms with E-state index in [2.05, 4.69) is 87.0 Å². The van der Waals surface area contributed by atoms with Crippen LogP contribution in [0.3, 0.4) is 0 Å². The van der Waals surface area contributed by atoms with Crippen molar-refractivity contribution in [2.24, 2.45) is 0 Å². The van der Waals surface area contributed by atoms with Gasteiger partial charge in [0.2, 0.25) is 0 Å². The quantitative estimate of drug-likeness (QED) is 0.162. The second-order valence-electron chi connectivity index (χ2n) is 12.1. The third-order valence-electron chi connectivity index (χ3n) is 8.68. The van der Waals surface area contributed by atoms with Gasteiger partial charge in [0.05, 0.1) is 9.79 Å². The monoisotopic (exact) mass is 696 g/mol. The largest absolute Gasteiger partial charge is 0.455 e. The molecule has 0 saturated carbocycles. The van der Waals surface area contributed by atoms with Crippen LogP contribution >= 0.6 is 23.5 Å². The average molecular weight is 697 g/mol. The van der Waals surface area contributed by atoms with Gasteiger partial charge in [-0.1, -0.05) is 96.1 Å². The highest BCUT2D eigenvalue weighted by atomic mass is 32.2. The Bertz CT molecular complexity index is 2230. The number of aryl methyl sites for hydroxylation is 2. The summed E-state index contributed by atoms with van der Waals surface area (Å²) in [6.07, 6.45) is 4.12. The predicted octanol–water partition coefficient (Wildman–Crippen LogP) is 13.9. The van der Waals surface area contributed by atoms with Crippen LogP contribution in [0.15, 0.2) is 152 Å². The van der Waals surface area contributed by atoms with Gasteiger partial charge in [0.1, 0.15) is 34.3 Å². The van der Waals surface area contributed by atoms with E-state index < -0.39 is 0 Å². The molecule has 0 saturated heterocycles. The minimum atomic E-state index is -0.223. The van der Waals surface area contributed by atoms with Gasteiger partial charge in [0.25, 0.3) is 0 Å². The van der Waals surface area contributed by atoms with Crippen molar-refractivity contribution in [3.8, 4) is 44.9 Å². The van der Waals surface area contributed by atoms with E-state index in [1.165, 1.54) is 35.4 Å². The molecule has 0 radical (unpaired) electrons. The molecule has 2 nitrogen and oxygen atoms in total. The highest BCUT2D eigenvalue weighted by Crippen LogP contribution is 2.42. The van der Waals surface area contributed by atoms with Crippen LogP contribution in [0.4, 0.5) is 8.78 Å². The molecule has 2 heterocycles. The number of hydrogen-bond donors (Lipinski definition) is 0. The average Bonchev–Trinajstić information content (AvgIpc) is 3.70. The number of fused-ring (bicyclic) bond motifs is 2. The molecule has 8 rings (SSSR count). The minimum Gasteiger partial charge on any atom is -0.455 e. The maximum atomic E-state index is 13.2. The lowest BCUT2D eigenvalue weighted by Gasteiger charge is -2.03. The molecule has 0 bridgehead atoms. The molecule has 0 fully saturated rings. The number of rotatable bonds is 6. The lowest BCUT2D eigenvalue weighted by Crippen LogP contribution is -1.80. The molecule has 0 aliphatic rings. The van der Waals surface area contributed by atoms with Crippen molar-refractivity contribution in [2.45, 2.75) is 23.6 Å². The SMILES string of the molecule is CSc1c(-c2ccc(C)cc2)oc2ccc(-c3ccc(F)cc3)cc12.CSc1c(-c2ccc(C)cc2)oc2ccc(-c3ccc(F)cc3)cc12. The summed E-state index contributed by atoms with van der Waals surface area (Å²) in [7, 11) is 0. The Morgan fingerprint density at radius 3 is 1.06 bits per heavy atom. The van der Waals surface area contributed by atoms with Gasteiger partial charge in [0.15, 0.2) is 0 Å². The van der Waals surface area contributed by atoms with Crippen LogP contribution in [-0.4, -0.2) is 12.5 Å². The number of hydrogen-bond acceptors (Lipinski definition) is 4. The number of furan rings is 2. The van der Waals surface area contributed by atoms with Gasteiger partial charge in [-0.3, -0.25) is 0 Å². The van der Waals surface area contributed by atoms with E-state index in [9.17, 15) is 8.78 Å². The molecule has 0 unspecified atom stereocenters. The second-order valence-corrected chi connectivity index (χ2v) is 13.7. The van der Waals surface area contributed by atoms with Crippen LogP contribution in [0.5, 0.6) is 0 Å². The maximum Gasteiger partial charge on any atom is 0.148 e. The lowest BCUT2D eigenvalue weighted by atomic mass is 10.0. The summed E-state index contributed by atoms with van der Waals surface area (Å²) in [6.45, 7) is 4.15. The number of halogens is 2. The van der Waals surface area contributed by atoms with Gasteiger partial charge in [-0.25, -0.2) is 8.78 Å². The summed E-state index contributed by atoms with van der Waals surface area (Å²) in [4.78, 5) is 2.26. The standard InChI is InChI=1S/2C22H17FOS/c2*1-14-3-5-16(6-4-14)21-22(25-2)19-13-17(9-12-20(19)24-21)15-7-10-18(23)11-8-15/h2*3-13H,1-2H3. The van der Waals surface area contributed by atoms with Gasteiger partial charge in [-0.2, -0.15) is 0 Å². The Kier molecular flexibility index (Phi) is 9.66. The molecular weight excluding hydrogens is 663 g/mol. The van der Waals surface area contributed by atoms with Crippen LogP contribution in [0.2, 0.25) is 0 Å². The molecule has 2 aromatic heterocycles. The first-order valence-corrected chi connectivity index (χ1v) is 18.6. The fourth-order valence-electron chi connectivity index (χ4n) is 5.99. The summed E-state index contributed by atoms with van der Waals surface area (Å²) in [5.41, 5.74) is 10.4. The zero-order chi connectivity index (χ0) is 34.8. The Morgan fingerprint density at radius 2 is 0.720 bits per heavy atom. The van der Waals surface area contributed by atoms with E-state index in [0.29, 0.717) is 0 Å². The minimum absolute atomic E-state index is 0.223. The van der Waals surface area contributed by atoms with Crippen molar-refractivity contribution in [1.29, 1.82) is 0 Å². The van der Waals surface area contributed by atoms with Crippen molar-refractivity contribution in [3.05, 3.63) is 156 Å². The van der Waals surface area contributed by atoms with Crippen molar-refractivity contribution in [1.82, 2.24) is 0 Å². The van der Waals surface area contributed by atoms with Crippen LogP contribution in [0.25, 0.3) is 66.8 Å². The van der Waals surface area contributed by atoms with Gasteiger partial charge < -0.3 is 8.83 Å². The van der Waals surface area contributed by atoms with Gasteiger partial charge in [-0.15, -0.1) is 23.5 Å². The van der Waals surface area contributed by atoms with E-state index in [4.69, 9.17) is 8.83 Å². The molecule has 0 atom stereocenters.